The summed E-state index contributed by atoms with van der Waals surface area (Å²) >= 11 is 6.03. The van der Waals surface area contributed by atoms with Gasteiger partial charge in [0.05, 0.1) is 5.56 Å². The summed E-state index contributed by atoms with van der Waals surface area (Å²) in [6.45, 7) is 3.85. The number of aryl methyl sites for hydroxylation is 1. The van der Waals surface area contributed by atoms with Crippen molar-refractivity contribution in [3.63, 3.8) is 0 Å². The van der Waals surface area contributed by atoms with E-state index < -0.39 is 0 Å². The minimum atomic E-state index is -0.149. The number of carbonyl (C=O) groups is 1. The summed E-state index contributed by atoms with van der Waals surface area (Å²) in [5.74, 6) is 0.619. The maximum atomic E-state index is 12.7. The van der Waals surface area contributed by atoms with Crippen LogP contribution in [-0.4, -0.2) is 24.0 Å². The van der Waals surface area contributed by atoms with Gasteiger partial charge < -0.3 is 10.2 Å². The number of nitrogens with zero attached hydrogens (tertiary/aromatic N) is 2. The van der Waals surface area contributed by atoms with Gasteiger partial charge in [-0.1, -0.05) is 17.7 Å². The predicted octanol–water partition coefficient (Wildman–Crippen LogP) is 4.29. The first-order chi connectivity index (χ1) is 11.1. The van der Waals surface area contributed by atoms with Crippen LogP contribution in [-0.2, 0) is 0 Å². The number of rotatable bonds is 3. The van der Waals surface area contributed by atoms with Crippen molar-refractivity contribution in [1.82, 2.24) is 4.98 Å². The van der Waals surface area contributed by atoms with Gasteiger partial charge in [-0.2, -0.15) is 0 Å². The van der Waals surface area contributed by atoms with Crippen LogP contribution in [0.4, 0.5) is 11.5 Å². The molecular formula is C18H20ClN3O. The summed E-state index contributed by atoms with van der Waals surface area (Å²) in [5, 5.41) is 3.56. The van der Waals surface area contributed by atoms with Gasteiger partial charge in [-0.25, -0.2) is 4.98 Å². The monoisotopic (exact) mass is 329 g/mol. The number of piperidine rings is 1. The fourth-order valence-electron chi connectivity index (χ4n) is 2.85. The average molecular weight is 330 g/mol. The zero-order valence-electron chi connectivity index (χ0n) is 13.2. The summed E-state index contributed by atoms with van der Waals surface area (Å²) in [7, 11) is 0. The number of carbonyl (C=O) groups excluding carboxylic acids is 1. The van der Waals surface area contributed by atoms with Gasteiger partial charge in [0, 0.05) is 30.0 Å². The van der Waals surface area contributed by atoms with Crippen LogP contribution in [0.5, 0.6) is 0 Å². The third kappa shape index (κ3) is 3.64. The molecule has 0 unspecified atom stereocenters. The van der Waals surface area contributed by atoms with Crippen molar-refractivity contribution in [1.29, 1.82) is 0 Å². The molecule has 0 saturated carbocycles. The predicted molar refractivity (Wildman–Crippen MR) is 94.4 cm³/mol. The number of hydrogen-bond donors (Lipinski definition) is 1. The molecule has 0 radical (unpaired) electrons. The summed E-state index contributed by atoms with van der Waals surface area (Å²) in [5.41, 5.74) is 2.32. The van der Waals surface area contributed by atoms with Crippen LogP contribution < -0.4 is 10.2 Å². The van der Waals surface area contributed by atoms with Crippen molar-refractivity contribution in [3.8, 4) is 0 Å². The molecule has 0 spiro atoms. The number of amides is 1. The number of aromatic nitrogens is 1. The maximum absolute atomic E-state index is 12.7. The molecule has 1 aromatic heterocycles. The van der Waals surface area contributed by atoms with E-state index in [9.17, 15) is 4.79 Å². The zero-order chi connectivity index (χ0) is 16.2. The second-order valence-corrected chi connectivity index (χ2v) is 6.27. The highest BCUT2D eigenvalue weighted by Gasteiger charge is 2.20. The van der Waals surface area contributed by atoms with E-state index in [2.05, 4.69) is 15.2 Å². The number of anilines is 2. The molecule has 23 heavy (non-hydrogen) atoms. The molecule has 4 nitrogen and oxygen atoms in total. The normalized spacial score (nSPS) is 14.6. The van der Waals surface area contributed by atoms with Gasteiger partial charge >= 0.3 is 0 Å². The molecule has 0 bridgehead atoms. The highest BCUT2D eigenvalue weighted by molar-refractivity contribution is 6.31. The highest BCUT2D eigenvalue weighted by Crippen LogP contribution is 2.24. The average Bonchev–Trinajstić information content (AvgIpc) is 2.59. The summed E-state index contributed by atoms with van der Waals surface area (Å²) in [6.07, 6.45) is 5.27. The molecule has 3 rings (SSSR count). The Morgan fingerprint density at radius 1 is 1.22 bits per heavy atom. The standard InChI is InChI=1S/C18H20ClN3O/c1-13-7-8-14(19)12-16(13)21-18(23)15-6-5-9-20-17(15)22-10-3-2-4-11-22/h5-9,12H,2-4,10-11H2,1H3,(H,21,23). The van der Waals surface area contributed by atoms with Crippen molar-refractivity contribution in [3.05, 3.63) is 52.7 Å². The van der Waals surface area contributed by atoms with Crippen molar-refractivity contribution in [2.24, 2.45) is 0 Å². The summed E-state index contributed by atoms with van der Waals surface area (Å²) < 4.78 is 0. The van der Waals surface area contributed by atoms with Crippen LogP contribution in [0.15, 0.2) is 36.5 Å². The molecule has 5 heteroatoms. The van der Waals surface area contributed by atoms with E-state index in [0.29, 0.717) is 10.6 Å². The van der Waals surface area contributed by atoms with E-state index in [-0.39, 0.29) is 5.91 Å². The highest BCUT2D eigenvalue weighted by atomic mass is 35.5. The van der Waals surface area contributed by atoms with Gasteiger partial charge in [0.2, 0.25) is 0 Å². The second-order valence-electron chi connectivity index (χ2n) is 5.84. The van der Waals surface area contributed by atoms with Crippen molar-refractivity contribution in [2.45, 2.75) is 26.2 Å². The van der Waals surface area contributed by atoms with E-state index in [1.165, 1.54) is 6.42 Å². The van der Waals surface area contributed by atoms with Gasteiger partial charge in [0.25, 0.3) is 5.91 Å². The molecule has 1 amide bonds. The van der Waals surface area contributed by atoms with E-state index in [0.717, 1.165) is 43.0 Å². The lowest BCUT2D eigenvalue weighted by atomic mass is 10.1. The summed E-state index contributed by atoms with van der Waals surface area (Å²) in [6, 6.07) is 9.10. The quantitative estimate of drug-likeness (QED) is 0.913. The molecule has 0 atom stereocenters. The lowest BCUT2D eigenvalue weighted by molar-refractivity contribution is 0.102. The molecule has 1 fully saturated rings. The van der Waals surface area contributed by atoms with Crippen molar-refractivity contribution < 1.29 is 4.79 Å². The van der Waals surface area contributed by atoms with E-state index in [1.807, 2.05) is 25.1 Å². The van der Waals surface area contributed by atoms with E-state index in [4.69, 9.17) is 11.6 Å². The van der Waals surface area contributed by atoms with Crippen molar-refractivity contribution in [2.75, 3.05) is 23.3 Å². The van der Waals surface area contributed by atoms with Crippen LogP contribution in [0, 0.1) is 6.92 Å². The Bertz CT molecular complexity index is 711. The largest absolute Gasteiger partial charge is 0.356 e. The first-order valence-corrected chi connectivity index (χ1v) is 8.30. The Hall–Kier alpha value is -2.07. The molecule has 1 N–H and O–H groups in total. The Labute approximate surface area is 141 Å². The smallest absolute Gasteiger partial charge is 0.259 e. The third-order valence-electron chi connectivity index (χ3n) is 4.13. The van der Waals surface area contributed by atoms with Gasteiger partial charge in [0.15, 0.2) is 0 Å². The lowest BCUT2D eigenvalue weighted by Crippen LogP contribution is -2.32. The van der Waals surface area contributed by atoms with Gasteiger partial charge in [0.1, 0.15) is 5.82 Å². The molecule has 1 aliphatic rings. The Morgan fingerprint density at radius 2 is 2.00 bits per heavy atom. The van der Waals surface area contributed by atoms with Gasteiger partial charge in [-0.05, 0) is 56.0 Å². The second kappa shape index (κ2) is 7.01. The van der Waals surface area contributed by atoms with Crippen LogP contribution in [0.25, 0.3) is 0 Å². The number of benzene rings is 1. The SMILES string of the molecule is Cc1ccc(Cl)cc1NC(=O)c1cccnc1N1CCCCC1. The number of nitrogens with one attached hydrogen (secondary N) is 1. The molecule has 1 aromatic carbocycles. The van der Waals surface area contributed by atoms with Crippen LogP contribution in [0.1, 0.15) is 35.2 Å². The molecule has 120 valence electrons. The van der Waals surface area contributed by atoms with Crippen LogP contribution in [0.3, 0.4) is 0 Å². The third-order valence-corrected chi connectivity index (χ3v) is 4.37. The first-order valence-electron chi connectivity index (χ1n) is 7.92. The Kier molecular flexibility index (Phi) is 4.82. The van der Waals surface area contributed by atoms with E-state index >= 15 is 0 Å². The van der Waals surface area contributed by atoms with Crippen molar-refractivity contribution >= 4 is 29.0 Å². The number of pyridine rings is 1. The van der Waals surface area contributed by atoms with E-state index in [1.54, 1.807) is 18.3 Å². The number of hydrogen-bond acceptors (Lipinski definition) is 3. The first kappa shape index (κ1) is 15.8. The Balaban J connectivity index is 1.86. The lowest BCUT2D eigenvalue weighted by Gasteiger charge is -2.29. The maximum Gasteiger partial charge on any atom is 0.259 e. The molecule has 1 saturated heterocycles. The Morgan fingerprint density at radius 3 is 2.78 bits per heavy atom. The minimum absolute atomic E-state index is 0.149. The molecule has 0 aliphatic carbocycles. The van der Waals surface area contributed by atoms with Gasteiger partial charge in [-0.3, -0.25) is 4.79 Å². The molecule has 2 heterocycles. The molecule has 1 aliphatic heterocycles. The van der Waals surface area contributed by atoms with Crippen LogP contribution in [0.2, 0.25) is 5.02 Å². The molecule has 2 aromatic rings. The molecular weight excluding hydrogens is 310 g/mol. The zero-order valence-corrected chi connectivity index (χ0v) is 13.9. The minimum Gasteiger partial charge on any atom is -0.356 e. The fraction of sp³-hybridized carbons (Fsp3) is 0.333. The van der Waals surface area contributed by atoms with Gasteiger partial charge in [-0.15, -0.1) is 0 Å². The van der Waals surface area contributed by atoms with Crippen LogP contribution >= 0.6 is 11.6 Å². The number of halogens is 1. The topological polar surface area (TPSA) is 45.2 Å². The summed E-state index contributed by atoms with van der Waals surface area (Å²) in [4.78, 5) is 19.4. The fourth-order valence-corrected chi connectivity index (χ4v) is 3.02.